The molecular weight excluding hydrogens is 358 g/mol. The summed E-state index contributed by atoms with van der Waals surface area (Å²) in [5.74, 6) is -1.41. The summed E-state index contributed by atoms with van der Waals surface area (Å²) in [5.41, 5.74) is 2.49. The highest BCUT2D eigenvalue weighted by Crippen LogP contribution is 2.13. The number of nitrogens with one attached hydrogen (secondary N) is 1. The summed E-state index contributed by atoms with van der Waals surface area (Å²) in [5, 5.41) is 2.60. The number of Topliss-reactive ketones (excluding diaryl/α,β-unsaturated/α-hetero) is 2. The van der Waals surface area contributed by atoms with Crippen molar-refractivity contribution in [1.29, 1.82) is 0 Å². The van der Waals surface area contributed by atoms with Gasteiger partial charge in [0.05, 0.1) is 6.42 Å². The van der Waals surface area contributed by atoms with E-state index in [4.69, 9.17) is 4.74 Å². The Labute approximate surface area is 163 Å². The Morgan fingerprint density at radius 2 is 1.64 bits per heavy atom. The second-order valence-corrected chi connectivity index (χ2v) is 6.55. The van der Waals surface area contributed by atoms with Crippen LogP contribution in [0.25, 0.3) is 0 Å². The molecule has 0 bridgehead atoms. The number of anilines is 1. The lowest BCUT2D eigenvalue weighted by Gasteiger charge is -2.14. The second-order valence-electron chi connectivity index (χ2n) is 6.55. The summed E-state index contributed by atoms with van der Waals surface area (Å²) in [4.78, 5) is 47.6. The van der Waals surface area contributed by atoms with Crippen LogP contribution in [0.3, 0.4) is 0 Å². The highest BCUT2D eigenvalue weighted by atomic mass is 16.5. The van der Waals surface area contributed by atoms with E-state index in [0.29, 0.717) is 16.8 Å². The molecule has 1 N–H and O–H groups in total. The molecule has 0 spiro atoms. The predicted molar refractivity (Wildman–Crippen MR) is 105 cm³/mol. The van der Waals surface area contributed by atoms with Crippen molar-refractivity contribution in [3.63, 3.8) is 0 Å². The van der Waals surface area contributed by atoms with E-state index in [-0.39, 0.29) is 24.4 Å². The maximum atomic E-state index is 12.2. The third kappa shape index (κ3) is 6.16. The van der Waals surface area contributed by atoms with Gasteiger partial charge in [0, 0.05) is 23.2 Å². The third-order valence-corrected chi connectivity index (χ3v) is 4.14. The number of ketones is 2. The smallest absolute Gasteiger partial charge is 0.307 e. The fraction of sp³-hybridized carbons (Fsp3) is 0.273. The van der Waals surface area contributed by atoms with E-state index in [0.717, 1.165) is 5.56 Å². The quantitative estimate of drug-likeness (QED) is 0.556. The second kappa shape index (κ2) is 9.60. The fourth-order valence-electron chi connectivity index (χ4n) is 2.47. The Hall–Kier alpha value is -3.28. The van der Waals surface area contributed by atoms with Gasteiger partial charge in [0.25, 0.3) is 5.91 Å². The summed E-state index contributed by atoms with van der Waals surface area (Å²) < 4.78 is 5.10. The Morgan fingerprint density at radius 3 is 2.29 bits per heavy atom. The van der Waals surface area contributed by atoms with Crippen LogP contribution in [0.4, 0.5) is 5.69 Å². The lowest BCUT2D eigenvalue weighted by Crippen LogP contribution is -2.30. The van der Waals surface area contributed by atoms with Crippen molar-refractivity contribution in [3.8, 4) is 0 Å². The molecule has 2 aromatic rings. The lowest BCUT2D eigenvalue weighted by molar-refractivity contribution is -0.153. The molecule has 0 saturated heterocycles. The largest absolute Gasteiger partial charge is 0.453 e. The lowest BCUT2D eigenvalue weighted by atomic mass is 10.1. The zero-order valence-electron chi connectivity index (χ0n) is 16.2. The number of esters is 1. The number of carbonyl (C=O) groups excluding carboxylic acids is 4. The maximum Gasteiger partial charge on any atom is 0.307 e. The van der Waals surface area contributed by atoms with Crippen LogP contribution in [0.5, 0.6) is 0 Å². The summed E-state index contributed by atoms with van der Waals surface area (Å²) in [7, 11) is 0. The molecule has 6 nitrogen and oxygen atoms in total. The number of hydrogen-bond acceptors (Lipinski definition) is 5. The number of hydrogen-bond donors (Lipinski definition) is 1. The van der Waals surface area contributed by atoms with E-state index in [9.17, 15) is 19.2 Å². The molecule has 1 amide bonds. The van der Waals surface area contributed by atoms with Gasteiger partial charge in [-0.25, -0.2) is 0 Å². The van der Waals surface area contributed by atoms with Gasteiger partial charge in [-0.1, -0.05) is 42.0 Å². The summed E-state index contributed by atoms with van der Waals surface area (Å²) >= 11 is 0. The van der Waals surface area contributed by atoms with E-state index >= 15 is 0 Å². The average Bonchev–Trinajstić information content (AvgIpc) is 2.66. The van der Waals surface area contributed by atoms with Crippen molar-refractivity contribution in [2.45, 2.75) is 39.7 Å². The Bertz CT molecular complexity index is 886. The van der Waals surface area contributed by atoms with Crippen molar-refractivity contribution >= 4 is 29.1 Å². The van der Waals surface area contributed by atoms with Gasteiger partial charge in [-0.3, -0.25) is 19.2 Å². The van der Waals surface area contributed by atoms with Gasteiger partial charge in [-0.05, 0) is 32.9 Å². The molecular formula is C22H23NO5. The Kier molecular flexibility index (Phi) is 7.21. The van der Waals surface area contributed by atoms with Gasteiger partial charge in [0.1, 0.15) is 0 Å². The summed E-state index contributed by atoms with van der Waals surface area (Å²) in [6, 6.07) is 13.6. The van der Waals surface area contributed by atoms with E-state index in [1.165, 1.54) is 13.8 Å². The fourth-order valence-corrected chi connectivity index (χ4v) is 2.47. The van der Waals surface area contributed by atoms with Crippen LogP contribution >= 0.6 is 0 Å². The molecule has 2 aromatic carbocycles. The maximum absolute atomic E-state index is 12.2. The minimum absolute atomic E-state index is 0.0108. The van der Waals surface area contributed by atoms with Gasteiger partial charge in [-0.15, -0.1) is 0 Å². The van der Waals surface area contributed by atoms with E-state index in [1.54, 1.807) is 36.4 Å². The SMILES string of the molecule is CC(=O)c1cccc(NC(=O)C(C)OC(=O)CCC(=O)c2ccc(C)cc2)c1. The Morgan fingerprint density at radius 1 is 0.964 bits per heavy atom. The summed E-state index contributed by atoms with van der Waals surface area (Å²) in [6.45, 7) is 4.81. The van der Waals surface area contributed by atoms with Crippen LogP contribution in [0.1, 0.15) is 53.0 Å². The molecule has 2 rings (SSSR count). The van der Waals surface area contributed by atoms with Crippen molar-refractivity contribution in [2.75, 3.05) is 5.32 Å². The van der Waals surface area contributed by atoms with Crippen LogP contribution in [0, 0.1) is 6.92 Å². The standard InChI is InChI=1S/C22H23NO5/c1-14-7-9-17(10-8-14)20(25)11-12-21(26)28-16(3)22(27)23-19-6-4-5-18(13-19)15(2)24/h4-10,13,16H,11-12H2,1-3H3,(H,23,27). The predicted octanol–water partition coefficient (Wildman–Crippen LogP) is 3.73. The molecule has 28 heavy (non-hydrogen) atoms. The molecule has 0 aromatic heterocycles. The van der Waals surface area contributed by atoms with Crippen LogP contribution < -0.4 is 5.32 Å². The highest BCUT2D eigenvalue weighted by Gasteiger charge is 2.19. The minimum Gasteiger partial charge on any atom is -0.453 e. The number of rotatable bonds is 8. The highest BCUT2D eigenvalue weighted by molar-refractivity contribution is 5.99. The molecule has 0 aliphatic rings. The zero-order chi connectivity index (χ0) is 20.7. The summed E-state index contributed by atoms with van der Waals surface area (Å²) in [6.07, 6.45) is -1.12. The molecule has 1 atom stereocenters. The van der Waals surface area contributed by atoms with Crippen LogP contribution in [0.2, 0.25) is 0 Å². The van der Waals surface area contributed by atoms with E-state index in [1.807, 2.05) is 19.1 Å². The molecule has 0 saturated carbocycles. The molecule has 0 aliphatic heterocycles. The van der Waals surface area contributed by atoms with Crippen molar-refractivity contribution < 1.29 is 23.9 Å². The number of amides is 1. The number of benzene rings is 2. The van der Waals surface area contributed by atoms with Crippen LogP contribution in [0.15, 0.2) is 48.5 Å². The van der Waals surface area contributed by atoms with Gasteiger partial charge in [0.15, 0.2) is 17.7 Å². The van der Waals surface area contributed by atoms with E-state index in [2.05, 4.69) is 5.32 Å². The van der Waals surface area contributed by atoms with Gasteiger partial charge in [0.2, 0.25) is 0 Å². The first kappa shape index (κ1) is 21.0. The number of ether oxygens (including phenoxy) is 1. The third-order valence-electron chi connectivity index (χ3n) is 4.14. The molecule has 0 radical (unpaired) electrons. The Balaban J connectivity index is 1.83. The molecule has 1 unspecified atom stereocenters. The van der Waals surface area contributed by atoms with Gasteiger partial charge < -0.3 is 10.1 Å². The minimum atomic E-state index is -1.03. The van der Waals surface area contributed by atoms with E-state index < -0.39 is 18.0 Å². The number of aryl methyl sites for hydroxylation is 1. The first-order valence-corrected chi connectivity index (χ1v) is 8.97. The molecule has 0 fully saturated rings. The molecule has 0 aliphatic carbocycles. The zero-order valence-corrected chi connectivity index (χ0v) is 16.2. The van der Waals surface area contributed by atoms with Crippen molar-refractivity contribution in [2.24, 2.45) is 0 Å². The first-order chi connectivity index (χ1) is 13.3. The normalized spacial score (nSPS) is 11.4. The molecule has 0 heterocycles. The molecule has 6 heteroatoms. The first-order valence-electron chi connectivity index (χ1n) is 8.97. The van der Waals surface area contributed by atoms with Gasteiger partial charge >= 0.3 is 5.97 Å². The average molecular weight is 381 g/mol. The number of carbonyl (C=O) groups is 4. The topological polar surface area (TPSA) is 89.5 Å². The molecule has 146 valence electrons. The van der Waals surface area contributed by atoms with Crippen LogP contribution in [-0.4, -0.2) is 29.5 Å². The van der Waals surface area contributed by atoms with Crippen molar-refractivity contribution in [3.05, 3.63) is 65.2 Å². The van der Waals surface area contributed by atoms with Gasteiger partial charge in [-0.2, -0.15) is 0 Å². The van der Waals surface area contributed by atoms with Crippen LogP contribution in [-0.2, 0) is 14.3 Å². The monoisotopic (exact) mass is 381 g/mol. The van der Waals surface area contributed by atoms with Crippen molar-refractivity contribution in [1.82, 2.24) is 0 Å².